The number of guanidine groups is 1. The molecule has 0 radical (unpaired) electrons. The lowest BCUT2D eigenvalue weighted by Crippen LogP contribution is -2.50. The SMILES string of the molecule is CCOC(=O)N1CCC(NC(=NC)NCC(C)c2cccc(C)c2)CC1. The van der Waals surface area contributed by atoms with Gasteiger partial charge in [0, 0.05) is 32.7 Å². The number of piperidine rings is 1. The van der Waals surface area contributed by atoms with Crippen LogP contribution in [0.1, 0.15) is 43.7 Å². The van der Waals surface area contributed by atoms with E-state index in [1.165, 1.54) is 11.1 Å². The number of benzene rings is 1. The molecule has 2 N–H and O–H groups in total. The van der Waals surface area contributed by atoms with Crippen LogP contribution in [0.4, 0.5) is 4.79 Å². The third-order valence-electron chi connectivity index (χ3n) is 4.77. The number of hydrogen-bond acceptors (Lipinski definition) is 3. The van der Waals surface area contributed by atoms with E-state index >= 15 is 0 Å². The Morgan fingerprint density at radius 3 is 2.73 bits per heavy atom. The van der Waals surface area contributed by atoms with Crippen molar-refractivity contribution >= 4 is 12.1 Å². The number of carbonyl (C=O) groups is 1. The Morgan fingerprint density at radius 1 is 1.38 bits per heavy atom. The number of aliphatic imine (C=N–C) groups is 1. The molecule has 1 aliphatic rings. The van der Waals surface area contributed by atoms with Crippen LogP contribution in [-0.2, 0) is 4.74 Å². The second kappa shape index (κ2) is 10.0. The van der Waals surface area contributed by atoms with Crippen molar-refractivity contribution in [3.05, 3.63) is 35.4 Å². The zero-order valence-corrected chi connectivity index (χ0v) is 16.4. The van der Waals surface area contributed by atoms with Crippen molar-refractivity contribution in [2.75, 3.05) is 33.3 Å². The summed E-state index contributed by atoms with van der Waals surface area (Å²) in [7, 11) is 1.79. The summed E-state index contributed by atoms with van der Waals surface area (Å²) in [6, 6.07) is 8.94. The largest absolute Gasteiger partial charge is 0.450 e. The quantitative estimate of drug-likeness (QED) is 0.626. The molecule has 1 heterocycles. The Labute approximate surface area is 157 Å². The van der Waals surface area contributed by atoms with Gasteiger partial charge in [0.2, 0.25) is 0 Å². The summed E-state index contributed by atoms with van der Waals surface area (Å²) in [5.41, 5.74) is 2.61. The van der Waals surface area contributed by atoms with Crippen LogP contribution < -0.4 is 10.6 Å². The van der Waals surface area contributed by atoms with E-state index in [1.807, 2.05) is 6.92 Å². The van der Waals surface area contributed by atoms with Crippen LogP contribution in [0.3, 0.4) is 0 Å². The standard InChI is InChI=1S/C20H32N4O2/c1-5-26-20(25)24-11-9-18(10-12-24)23-19(21-4)22-14-16(3)17-8-6-7-15(2)13-17/h6-8,13,16,18H,5,9-12,14H2,1-4H3,(H2,21,22,23). The van der Waals surface area contributed by atoms with Crippen molar-refractivity contribution in [2.45, 2.75) is 45.6 Å². The smallest absolute Gasteiger partial charge is 0.409 e. The topological polar surface area (TPSA) is 66.0 Å². The predicted molar refractivity (Wildman–Crippen MR) is 106 cm³/mol. The lowest BCUT2D eigenvalue weighted by Gasteiger charge is -2.32. The van der Waals surface area contributed by atoms with Gasteiger partial charge in [0.25, 0.3) is 0 Å². The number of nitrogens with zero attached hydrogens (tertiary/aromatic N) is 2. The molecule has 1 saturated heterocycles. The molecule has 144 valence electrons. The number of nitrogens with one attached hydrogen (secondary N) is 2. The van der Waals surface area contributed by atoms with Crippen LogP contribution in [0.5, 0.6) is 0 Å². The third kappa shape index (κ3) is 5.93. The van der Waals surface area contributed by atoms with E-state index in [-0.39, 0.29) is 6.09 Å². The molecule has 1 atom stereocenters. The van der Waals surface area contributed by atoms with Gasteiger partial charge in [-0.25, -0.2) is 4.79 Å². The van der Waals surface area contributed by atoms with Crippen LogP contribution in [-0.4, -0.2) is 56.3 Å². The highest BCUT2D eigenvalue weighted by molar-refractivity contribution is 5.80. The van der Waals surface area contributed by atoms with Crippen molar-refractivity contribution in [3.8, 4) is 0 Å². The maximum absolute atomic E-state index is 11.8. The number of likely N-dealkylation sites (tertiary alicyclic amines) is 1. The highest BCUT2D eigenvalue weighted by Crippen LogP contribution is 2.15. The monoisotopic (exact) mass is 360 g/mol. The van der Waals surface area contributed by atoms with Crippen LogP contribution in [0.15, 0.2) is 29.3 Å². The molecular weight excluding hydrogens is 328 g/mol. The minimum absolute atomic E-state index is 0.208. The van der Waals surface area contributed by atoms with Gasteiger partial charge < -0.3 is 20.3 Å². The first kappa shape index (κ1) is 20.1. The van der Waals surface area contributed by atoms with Gasteiger partial charge in [0.15, 0.2) is 5.96 Å². The van der Waals surface area contributed by atoms with Crippen LogP contribution >= 0.6 is 0 Å². The summed E-state index contributed by atoms with van der Waals surface area (Å²) in [5.74, 6) is 1.22. The first-order chi connectivity index (χ1) is 12.5. The second-order valence-corrected chi connectivity index (χ2v) is 6.87. The number of ether oxygens (including phenoxy) is 1. The number of rotatable bonds is 5. The summed E-state index contributed by atoms with van der Waals surface area (Å²) in [5, 5.41) is 6.90. The van der Waals surface area contributed by atoms with E-state index in [0.717, 1.165) is 25.3 Å². The van der Waals surface area contributed by atoms with Gasteiger partial charge in [-0.2, -0.15) is 0 Å². The molecule has 6 heteroatoms. The normalized spacial score (nSPS) is 16.9. The van der Waals surface area contributed by atoms with E-state index in [2.05, 4.69) is 53.7 Å². The van der Waals surface area contributed by atoms with Crippen molar-refractivity contribution < 1.29 is 9.53 Å². The molecular formula is C20H32N4O2. The fourth-order valence-corrected chi connectivity index (χ4v) is 3.15. The highest BCUT2D eigenvalue weighted by Gasteiger charge is 2.24. The molecule has 0 saturated carbocycles. The van der Waals surface area contributed by atoms with Gasteiger partial charge in [-0.15, -0.1) is 0 Å². The van der Waals surface area contributed by atoms with Gasteiger partial charge in [0.05, 0.1) is 6.61 Å². The molecule has 0 spiro atoms. The zero-order chi connectivity index (χ0) is 18.9. The third-order valence-corrected chi connectivity index (χ3v) is 4.77. The number of aryl methyl sites for hydroxylation is 1. The molecule has 1 aliphatic heterocycles. The molecule has 1 aromatic carbocycles. The van der Waals surface area contributed by atoms with Crippen molar-refractivity contribution in [2.24, 2.45) is 4.99 Å². The van der Waals surface area contributed by atoms with Gasteiger partial charge in [-0.05, 0) is 38.2 Å². The molecule has 0 aliphatic carbocycles. The Hall–Kier alpha value is -2.24. The van der Waals surface area contributed by atoms with Crippen LogP contribution in [0.25, 0.3) is 0 Å². The lowest BCUT2D eigenvalue weighted by molar-refractivity contribution is 0.0963. The predicted octanol–water partition coefficient (Wildman–Crippen LogP) is 2.88. The van der Waals surface area contributed by atoms with E-state index < -0.39 is 0 Å². The summed E-state index contributed by atoms with van der Waals surface area (Å²) in [6.45, 7) is 8.84. The molecule has 0 bridgehead atoms. The van der Waals surface area contributed by atoms with E-state index in [9.17, 15) is 4.79 Å². The van der Waals surface area contributed by atoms with Crippen molar-refractivity contribution in [3.63, 3.8) is 0 Å². The average Bonchev–Trinajstić information content (AvgIpc) is 2.65. The summed E-state index contributed by atoms with van der Waals surface area (Å²) < 4.78 is 5.06. The molecule has 26 heavy (non-hydrogen) atoms. The lowest BCUT2D eigenvalue weighted by atomic mass is 9.99. The molecule has 6 nitrogen and oxygen atoms in total. The molecule has 1 fully saturated rings. The maximum Gasteiger partial charge on any atom is 0.409 e. The molecule has 0 aromatic heterocycles. The van der Waals surface area contributed by atoms with E-state index in [1.54, 1.807) is 11.9 Å². The van der Waals surface area contributed by atoms with Crippen LogP contribution in [0.2, 0.25) is 0 Å². The average molecular weight is 361 g/mol. The first-order valence-corrected chi connectivity index (χ1v) is 9.49. The van der Waals surface area contributed by atoms with Crippen LogP contribution in [0, 0.1) is 6.92 Å². The van der Waals surface area contributed by atoms with Crippen molar-refractivity contribution in [1.82, 2.24) is 15.5 Å². The fraction of sp³-hybridized carbons (Fsp3) is 0.600. The van der Waals surface area contributed by atoms with E-state index in [0.29, 0.717) is 31.7 Å². The molecule has 2 rings (SSSR count). The van der Waals surface area contributed by atoms with Gasteiger partial charge in [0.1, 0.15) is 0 Å². The maximum atomic E-state index is 11.8. The first-order valence-electron chi connectivity index (χ1n) is 9.49. The Bertz CT molecular complexity index is 610. The van der Waals surface area contributed by atoms with E-state index in [4.69, 9.17) is 4.74 Å². The second-order valence-electron chi connectivity index (χ2n) is 6.87. The number of amides is 1. The summed E-state index contributed by atoms with van der Waals surface area (Å²) in [4.78, 5) is 17.9. The van der Waals surface area contributed by atoms with Gasteiger partial charge in [-0.1, -0.05) is 36.8 Å². The Kier molecular flexibility index (Phi) is 7.75. The van der Waals surface area contributed by atoms with Gasteiger partial charge in [-0.3, -0.25) is 4.99 Å². The molecule has 1 amide bonds. The number of hydrogen-bond donors (Lipinski definition) is 2. The molecule has 1 unspecified atom stereocenters. The van der Waals surface area contributed by atoms with Crippen molar-refractivity contribution in [1.29, 1.82) is 0 Å². The van der Waals surface area contributed by atoms with Gasteiger partial charge >= 0.3 is 6.09 Å². The minimum atomic E-state index is -0.208. The summed E-state index contributed by atoms with van der Waals surface area (Å²) in [6.07, 6.45) is 1.58. The molecule has 1 aromatic rings. The fourth-order valence-electron chi connectivity index (χ4n) is 3.15. The Morgan fingerprint density at radius 2 is 2.12 bits per heavy atom. The Balaban J connectivity index is 1.77. The minimum Gasteiger partial charge on any atom is -0.450 e. The zero-order valence-electron chi connectivity index (χ0n) is 16.4. The highest BCUT2D eigenvalue weighted by atomic mass is 16.6. The summed E-state index contributed by atoms with van der Waals surface area (Å²) >= 11 is 0. The number of carbonyl (C=O) groups excluding carboxylic acids is 1.